The summed E-state index contributed by atoms with van der Waals surface area (Å²) in [4.78, 5) is 0. The highest BCUT2D eigenvalue weighted by atomic mass is 35.8. The smallest absolute Gasteiger partial charge is 0.126 e. The van der Waals surface area contributed by atoms with Crippen molar-refractivity contribution < 1.29 is 0 Å². The van der Waals surface area contributed by atoms with E-state index in [1.54, 1.807) is 0 Å². The lowest BCUT2D eigenvalue weighted by Gasteiger charge is -2.03. The molecule has 0 amide bonds. The number of halogens is 3. The van der Waals surface area contributed by atoms with Gasteiger partial charge in [0.1, 0.15) is 0 Å². The van der Waals surface area contributed by atoms with Crippen LogP contribution in [0.5, 0.6) is 0 Å². The van der Waals surface area contributed by atoms with Crippen LogP contribution in [0.3, 0.4) is 0 Å². The molecule has 0 heterocycles. The molecular weight excluding hydrogens is 211 g/mol. The Hall–Kier alpha value is 1.30. The van der Waals surface area contributed by atoms with E-state index in [-0.39, 0.29) is 11.0 Å². The Labute approximate surface area is 76.0 Å². The summed E-state index contributed by atoms with van der Waals surface area (Å²) in [5, 5.41) is 0. The van der Waals surface area contributed by atoms with Gasteiger partial charge in [0.15, 0.2) is 0 Å². The Balaban J connectivity index is 0. The molecule has 0 N–H and O–H groups in total. The van der Waals surface area contributed by atoms with Gasteiger partial charge in [-0.3, -0.25) is 0 Å². The minimum absolute atomic E-state index is 0. The molecule has 58 valence electrons. The predicted octanol–water partition coefficient (Wildman–Crippen LogP) is 1.99. The van der Waals surface area contributed by atoms with Crippen molar-refractivity contribution in [3.8, 4) is 0 Å². The van der Waals surface area contributed by atoms with E-state index in [4.69, 9.17) is 33.2 Å². The Morgan fingerprint density at radius 2 is 1.67 bits per heavy atom. The molecule has 0 nitrogen and oxygen atoms in total. The quantitative estimate of drug-likeness (QED) is 0.507. The maximum Gasteiger partial charge on any atom is 0.341 e. The van der Waals surface area contributed by atoms with Crippen LogP contribution in [0.15, 0.2) is 0 Å². The molecule has 0 aliphatic carbocycles. The zero-order valence-corrected chi connectivity index (χ0v) is 8.02. The first-order valence-electron chi connectivity index (χ1n) is 2.63. The molecule has 9 heavy (non-hydrogen) atoms. The molecule has 0 spiro atoms. The summed E-state index contributed by atoms with van der Waals surface area (Å²) in [5.41, 5.74) is 0. The number of rotatable bonds is 3. The van der Waals surface area contributed by atoms with E-state index in [1.807, 2.05) is 0 Å². The highest BCUT2D eigenvalue weighted by Gasteiger charge is 2.22. The lowest BCUT2D eigenvalue weighted by molar-refractivity contribution is 0.879. The van der Waals surface area contributed by atoms with Gasteiger partial charge in [-0.25, -0.2) is 0 Å². The first-order valence-corrected chi connectivity index (χ1v) is 7.87. The number of unbranched alkanes of at least 4 members (excludes halogenated alkanes) is 1. The van der Waals surface area contributed by atoms with Crippen molar-refractivity contribution >= 4 is 50.2 Å². The van der Waals surface area contributed by atoms with Crippen LogP contribution in [0.2, 0.25) is 6.04 Å². The maximum absolute atomic E-state index is 5.58. The highest BCUT2D eigenvalue weighted by Crippen LogP contribution is 2.26. The molecule has 0 aromatic carbocycles. The topological polar surface area (TPSA) is 0 Å². The molecule has 0 bridgehead atoms. The molecule has 0 aromatic rings. The van der Waals surface area contributed by atoms with Crippen molar-refractivity contribution in [1.82, 2.24) is 0 Å². The van der Waals surface area contributed by atoms with Gasteiger partial charge in [0.2, 0.25) is 0 Å². The first-order chi connectivity index (χ1) is 3.56. The zero-order chi connectivity index (χ0) is 6.62. The van der Waals surface area contributed by atoms with Gasteiger partial charge >= 0.3 is 6.00 Å². The fourth-order valence-corrected chi connectivity index (χ4v) is 2.33. The van der Waals surface area contributed by atoms with Crippen LogP contribution in [0, 0.1) is 0 Å². The van der Waals surface area contributed by atoms with Gasteiger partial charge in [-0.2, -0.15) is 0 Å². The Bertz CT molecular complexity index is 61.3. The van der Waals surface area contributed by atoms with Crippen molar-refractivity contribution in [2.24, 2.45) is 0 Å². The summed E-state index contributed by atoms with van der Waals surface area (Å²) in [6, 6.07) is -1.46. The SMILES string of the molecule is CCCC[Si](Cl)(Cl)Cl.[SiH4]. The molecule has 0 aromatic heterocycles. The second-order valence-electron chi connectivity index (χ2n) is 1.72. The first kappa shape index (κ1) is 12.9. The molecule has 5 heteroatoms. The molecule has 0 atom stereocenters. The summed E-state index contributed by atoms with van der Waals surface area (Å²) < 4.78 is 0. The van der Waals surface area contributed by atoms with E-state index in [9.17, 15) is 0 Å². The summed E-state index contributed by atoms with van der Waals surface area (Å²) >= 11 is 16.7. The van der Waals surface area contributed by atoms with E-state index in [0.29, 0.717) is 0 Å². The normalized spacial score (nSPS) is 10.7. The van der Waals surface area contributed by atoms with Crippen LogP contribution in [0.25, 0.3) is 0 Å². The molecule has 0 fully saturated rings. The summed E-state index contributed by atoms with van der Waals surface area (Å²) in [6.07, 6.45) is 2.16. The number of hydrogen-bond acceptors (Lipinski definition) is 0. The molecule has 0 saturated heterocycles. The van der Waals surface area contributed by atoms with Crippen molar-refractivity contribution in [2.75, 3.05) is 0 Å². The predicted molar refractivity (Wildman–Crippen MR) is 54.4 cm³/mol. The van der Waals surface area contributed by atoms with Crippen molar-refractivity contribution in [3.63, 3.8) is 0 Å². The fraction of sp³-hybridized carbons (Fsp3) is 1.00. The lowest BCUT2D eigenvalue weighted by atomic mass is 10.4. The third kappa shape index (κ3) is 12.5. The van der Waals surface area contributed by atoms with Crippen molar-refractivity contribution in [3.05, 3.63) is 0 Å². The average molecular weight is 224 g/mol. The lowest BCUT2D eigenvalue weighted by Crippen LogP contribution is -2.07. The monoisotopic (exact) mass is 222 g/mol. The van der Waals surface area contributed by atoms with E-state index < -0.39 is 6.00 Å². The molecule has 0 unspecified atom stereocenters. The van der Waals surface area contributed by atoms with E-state index in [1.165, 1.54) is 0 Å². The van der Waals surface area contributed by atoms with Gasteiger partial charge in [0.05, 0.1) is 0 Å². The third-order valence-corrected chi connectivity index (χ3v) is 3.44. The minimum Gasteiger partial charge on any atom is -0.126 e. The Morgan fingerprint density at radius 3 is 1.78 bits per heavy atom. The van der Waals surface area contributed by atoms with Crippen LogP contribution in [-0.2, 0) is 0 Å². The second kappa shape index (κ2) is 6.04. The molecule has 0 aliphatic rings. The van der Waals surface area contributed by atoms with E-state index in [2.05, 4.69) is 6.92 Å². The second-order valence-corrected chi connectivity index (χ2v) is 11.0. The average Bonchev–Trinajstić information content (AvgIpc) is 1.59. The zero-order valence-electron chi connectivity index (χ0n) is 4.76. The maximum atomic E-state index is 5.58. The van der Waals surface area contributed by atoms with Crippen LogP contribution in [0.4, 0.5) is 0 Å². The molecule has 0 aliphatic heterocycles. The largest absolute Gasteiger partial charge is 0.341 e. The molecule has 0 radical (unpaired) electrons. The molecular formula is C4H13Cl3Si2. The van der Waals surface area contributed by atoms with Crippen LogP contribution < -0.4 is 0 Å². The fourth-order valence-electron chi connectivity index (χ4n) is 0.377. The van der Waals surface area contributed by atoms with Crippen LogP contribution in [0.1, 0.15) is 19.8 Å². The van der Waals surface area contributed by atoms with Gasteiger partial charge in [0.25, 0.3) is 0 Å². The van der Waals surface area contributed by atoms with E-state index in [0.717, 1.165) is 18.9 Å². The molecule has 0 saturated carbocycles. The van der Waals surface area contributed by atoms with E-state index >= 15 is 0 Å². The number of hydrogen-bond donors (Lipinski definition) is 0. The summed E-state index contributed by atoms with van der Waals surface area (Å²) in [7, 11) is 0. The Morgan fingerprint density at radius 1 is 1.22 bits per heavy atom. The van der Waals surface area contributed by atoms with Gasteiger partial charge < -0.3 is 0 Å². The van der Waals surface area contributed by atoms with Gasteiger partial charge in [-0.15, -0.1) is 33.2 Å². The standard InChI is InChI=1S/C4H9Cl3Si.H4Si/c1-2-3-4-8(5,6)7;/h2-4H2,1H3;1H4. The third-order valence-electron chi connectivity index (χ3n) is 0.814. The van der Waals surface area contributed by atoms with Gasteiger partial charge in [0, 0.05) is 0 Å². The summed E-state index contributed by atoms with van der Waals surface area (Å²) in [6.45, 7) is 2.09. The van der Waals surface area contributed by atoms with Gasteiger partial charge in [-0.1, -0.05) is 19.8 Å². The van der Waals surface area contributed by atoms with Crippen molar-refractivity contribution in [2.45, 2.75) is 25.8 Å². The van der Waals surface area contributed by atoms with Gasteiger partial charge in [-0.05, 0) is 17.0 Å². The minimum atomic E-state index is -2.26. The van der Waals surface area contributed by atoms with Crippen LogP contribution >= 0.6 is 33.2 Å². The molecule has 0 rings (SSSR count). The van der Waals surface area contributed by atoms with Crippen LogP contribution in [-0.4, -0.2) is 17.0 Å². The summed E-state index contributed by atoms with van der Waals surface area (Å²) in [5.74, 6) is 0. The Kier molecular flexibility index (Phi) is 8.68. The highest BCUT2D eigenvalue weighted by molar-refractivity contribution is 7.64. The van der Waals surface area contributed by atoms with Crippen molar-refractivity contribution in [1.29, 1.82) is 0 Å².